The summed E-state index contributed by atoms with van der Waals surface area (Å²) in [7, 11) is 1.42. The lowest BCUT2D eigenvalue weighted by atomic mass is 9.96. The minimum Gasteiger partial charge on any atom is -0.504 e. The summed E-state index contributed by atoms with van der Waals surface area (Å²) in [6.45, 7) is 0.859. The molecule has 0 atom stereocenters. The fourth-order valence-corrected chi connectivity index (χ4v) is 2.32. The number of hydrogen-bond donors (Lipinski definition) is 2. The van der Waals surface area contributed by atoms with Crippen molar-refractivity contribution in [2.45, 2.75) is 12.8 Å². The third-order valence-electron chi connectivity index (χ3n) is 3.56. The van der Waals surface area contributed by atoms with E-state index in [0.717, 1.165) is 0 Å². The Morgan fingerprint density at radius 1 is 1.30 bits per heavy atom. The third kappa shape index (κ3) is 2.84. The molecule has 108 valence electrons. The predicted molar refractivity (Wildman–Crippen MR) is 70.9 cm³/mol. The van der Waals surface area contributed by atoms with Crippen LogP contribution in [0.3, 0.4) is 0 Å². The van der Waals surface area contributed by atoms with Crippen LogP contribution in [0.1, 0.15) is 23.2 Å². The fourth-order valence-electron chi connectivity index (χ4n) is 2.32. The Morgan fingerprint density at radius 3 is 2.50 bits per heavy atom. The summed E-state index contributed by atoms with van der Waals surface area (Å²) in [5, 5.41) is 18.4. The van der Waals surface area contributed by atoms with Gasteiger partial charge in [-0.25, -0.2) is 0 Å². The number of phenolic OH excluding ortho intramolecular Hbond substituents is 1. The van der Waals surface area contributed by atoms with Crippen LogP contribution in [0.4, 0.5) is 0 Å². The third-order valence-corrected chi connectivity index (χ3v) is 3.56. The molecule has 2 rings (SSSR count). The molecule has 6 heteroatoms. The van der Waals surface area contributed by atoms with Crippen LogP contribution in [-0.4, -0.2) is 47.2 Å². The molecular weight excluding hydrogens is 262 g/mol. The van der Waals surface area contributed by atoms with Crippen LogP contribution >= 0.6 is 0 Å². The first-order chi connectivity index (χ1) is 9.52. The molecule has 20 heavy (non-hydrogen) atoms. The van der Waals surface area contributed by atoms with Gasteiger partial charge < -0.3 is 19.8 Å². The molecule has 0 aliphatic carbocycles. The van der Waals surface area contributed by atoms with Gasteiger partial charge in [0.25, 0.3) is 5.91 Å². The van der Waals surface area contributed by atoms with Crippen molar-refractivity contribution < 1.29 is 24.5 Å². The van der Waals surface area contributed by atoms with E-state index < -0.39 is 5.97 Å². The zero-order valence-corrected chi connectivity index (χ0v) is 11.2. The summed E-state index contributed by atoms with van der Waals surface area (Å²) in [5.74, 6) is -1.12. The molecule has 0 aromatic heterocycles. The molecule has 1 amide bonds. The number of nitrogens with zero attached hydrogens (tertiary/aromatic N) is 1. The molecule has 0 spiro atoms. The Kier molecular flexibility index (Phi) is 4.12. The van der Waals surface area contributed by atoms with Crippen LogP contribution in [0.25, 0.3) is 0 Å². The predicted octanol–water partition coefficient (Wildman–Crippen LogP) is 1.34. The Labute approximate surface area is 116 Å². The summed E-state index contributed by atoms with van der Waals surface area (Å²) in [6, 6.07) is 4.43. The largest absolute Gasteiger partial charge is 0.504 e. The van der Waals surface area contributed by atoms with E-state index in [1.54, 1.807) is 4.90 Å². The molecule has 2 N–H and O–H groups in total. The number of amides is 1. The maximum Gasteiger partial charge on any atom is 0.306 e. The van der Waals surface area contributed by atoms with Crippen LogP contribution < -0.4 is 4.74 Å². The number of carbonyl (C=O) groups excluding carboxylic acids is 1. The van der Waals surface area contributed by atoms with Gasteiger partial charge in [0.2, 0.25) is 0 Å². The van der Waals surface area contributed by atoms with Gasteiger partial charge >= 0.3 is 5.97 Å². The number of likely N-dealkylation sites (tertiary alicyclic amines) is 1. The Morgan fingerprint density at radius 2 is 1.95 bits per heavy atom. The van der Waals surface area contributed by atoms with Crippen LogP contribution in [0.5, 0.6) is 11.5 Å². The second kappa shape index (κ2) is 5.81. The summed E-state index contributed by atoms with van der Waals surface area (Å²) in [5.41, 5.74) is 0.424. The van der Waals surface area contributed by atoms with Crippen molar-refractivity contribution in [2.75, 3.05) is 20.2 Å². The molecule has 1 heterocycles. The van der Waals surface area contributed by atoms with E-state index in [9.17, 15) is 14.7 Å². The Balaban J connectivity index is 2.07. The van der Waals surface area contributed by atoms with Crippen molar-refractivity contribution in [2.24, 2.45) is 5.92 Å². The van der Waals surface area contributed by atoms with Crippen LogP contribution in [-0.2, 0) is 4.79 Å². The quantitative estimate of drug-likeness (QED) is 0.871. The van der Waals surface area contributed by atoms with Crippen molar-refractivity contribution in [1.29, 1.82) is 0 Å². The van der Waals surface area contributed by atoms with Crippen molar-refractivity contribution in [1.82, 2.24) is 4.90 Å². The topological polar surface area (TPSA) is 87.1 Å². The van der Waals surface area contributed by atoms with E-state index in [0.29, 0.717) is 31.5 Å². The first-order valence-corrected chi connectivity index (χ1v) is 6.42. The second-order valence-electron chi connectivity index (χ2n) is 4.79. The lowest BCUT2D eigenvalue weighted by Crippen LogP contribution is -2.40. The number of ether oxygens (including phenoxy) is 1. The first-order valence-electron chi connectivity index (χ1n) is 6.42. The molecule has 6 nitrogen and oxygen atoms in total. The summed E-state index contributed by atoms with van der Waals surface area (Å²) in [6.07, 6.45) is 0.937. The highest BCUT2D eigenvalue weighted by Crippen LogP contribution is 2.27. The highest BCUT2D eigenvalue weighted by atomic mass is 16.5. The second-order valence-corrected chi connectivity index (χ2v) is 4.79. The van der Waals surface area contributed by atoms with Gasteiger partial charge in [-0.3, -0.25) is 9.59 Å². The minimum atomic E-state index is -0.802. The highest BCUT2D eigenvalue weighted by Gasteiger charge is 2.27. The number of piperidine rings is 1. The maximum atomic E-state index is 12.3. The smallest absolute Gasteiger partial charge is 0.306 e. The molecule has 0 bridgehead atoms. The molecule has 1 aromatic carbocycles. The van der Waals surface area contributed by atoms with Gasteiger partial charge in [0, 0.05) is 18.7 Å². The zero-order valence-electron chi connectivity index (χ0n) is 11.2. The van der Waals surface area contributed by atoms with Gasteiger partial charge in [-0.1, -0.05) is 0 Å². The number of methoxy groups -OCH3 is 1. The van der Waals surface area contributed by atoms with Crippen molar-refractivity contribution in [3.8, 4) is 11.5 Å². The number of phenols is 1. The zero-order chi connectivity index (χ0) is 14.7. The molecule has 1 aliphatic heterocycles. The van der Waals surface area contributed by atoms with E-state index in [1.807, 2.05) is 0 Å². The average molecular weight is 279 g/mol. The normalized spacial score (nSPS) is 15.9. The SMILES string of the molecule is COc1cc(C(=O)N2CCC(C(=O)O)CC2)ccc1O. The molecule has 1 aliphatic rings. The van der Waals surface area contributed by atoms with Gasteiger partial charge in [-0.2, -0.15) is 0 Å². The Bertz CT molecular complexity index is 520. The average Bonchev–Trinajstić information content (AvgIpc) is 2.47. The van der Waals surface area contributed by atoms with Crippen molar-refractivity contribution >= 4 is 11.9 Å². The van der Waals surface area contributed by atoms with E-state index in [2.05, 4.69) is 0 Å². The number of carboxylic acid groups (broad SMARTS) is 1. The van der Waals surface area contributed by atoms with Gasteiger partial charge in [-0.05, 0) is 31.0 Å². The number of aromatic hydroxyl groups is 1. The van der Waals surface area contributed by atoms with Crippen molar-refractivity contribution in [3.63, 3.8) is 0 Å². The molecule has 1 saturated heterocycles. The number of carbonyl (C=O) groups is 2. The fraction of sp³-hybridized carbons (Fsp3) is 0.429. The monoisotopic (exact) mass is 279 g/mol. The first kappa shape index (κ1) is 14.2. The maximum absolute atomic E-state index is 12.3. The van der Waals surface area contributed by atoms with Gasteiger partial charge in [0.05, 0.1) is 13.0 Å². The van der Waals surface area contributed by atoms with Gasteiger partial charge in [-0.15, -0.1) is 0 Å². The van der Waals surface area contributed by atoms with E-state index in [-0.39, 0.29) is 23.3 Å². The number of hydrogen-bond acceptors (Lipinski definition) is 4. The molecule has 0 saturated carbocycles. The molecular formula is C14H17NO5. The van der Waals surface area contributed by atoms with E-state index in [4.69, 9.17) is 9.84 Å². The Hall–Kier alpha value is -2.24. The highest BCUT2D eigenvalue weighted by molar-refractivity contribution is 5.95. The summed E-state index contributed by atoms with van der Waals surface area (Å²) >= 11 is 0. The molecule has 0 unspecified atom stereocenters. The lowest BCUT2D eigenvalue weighted by Gasteiger charge is -2.30. The standard InChI is InChI=1S/C14H17NO5/c1-20-12-8-10(2-3-11(12)16)13(17)15-6-4-9(5-7-15)14(18)19/h2-3,8-9,16H,4-7H2,1H3,(H,18,19). The number of aliphatic carboxylic acids is 1. The van der Waals surface area contributed by atoms with E-state index in [1.165, 1.54) is 25.3 Å². The minimum absolute atomic E-state index is 0.0198. The number of rotatable bonds is 3. The van der Waals surface area contributed by atoms with Crippen LogP contribution in [0.15, 0.2) is 18.2 Å². The van der Waals surface area contributed by atoms with Crippen molar-refractivity contribution in [3.05, 3.63) is 23.8 Å². The molecule has 1 fully saturated rings. The summed E-state index contributed by atoms with van der Waals surface area (Å²) < 4.78 is 4.97. The van der Waals surface area contributed by atoms with Gasteiger partial charge in [0.1, 0.15) is 0 Å². The molecule has 1 aromatic rings. The lowest BCUT2D eigenvalue weighted by molar-refractivity contribution is -0.143. The van der Waals surface area contributed by atoms with Crippen LogP contribution in [0.2, 0.25) is 0 Å². The molecule has 0 radical (unpaired) electrons. The number of carboxylic acids is 1. The number of benzene rings is 1. The van der Waals surface area contributed by atoms with Crippen LogP contribution in [0, 0.1) is 5.92 Å². The van der Waals surface area contributed by atoms with Gasteiger partial charge in [0.15, 0.2) is 11.5 Å². The van der Waals surface area contributed by atoms with E-state index >= 15 is 0 Å². The summed E-state index contributed by atoms with van der Waals surface area (Å²) in [4.78, 5) is 24.8.